The van der Waals surface area contributed by atoms with Gasteiger partial charge in [-0.05, 0) is 43.2 Å². The topological polar surface area (TPSA) is 84.9 Å². The van der Waals surface area contributed by atoms with E-state index in [1.165, 1.54) is 4.90 Å². The highest BCUT2D eigenvalue weighted by Gasteiger charge is 2.27. The molecule has 2 amide bonds. The molecule has 0 radical (unpaired) electrons. The molecule has 1 N–H and O–H groups in total. The van der Waals surface area contributed by atoms with E-state index in [1.54, 1.807) is 30.3 Å². The van der Waals surface area contributed by atoms with Crippen LogP contribution in [0.2, 0.25) is 0 Å². The Hall–Kier alpha value is -3.35. The molecule has 0 atom stereocenters. The third-order valence-corrected chi connectivity index (χ3v) is 4.33. The molecule has 27 heavy (non-hydrogen) atoms. The fourth-order valence-corrected chi connectivity index (χ4v) is 2.73. The molecule has 2 aromatic carbocycles. The summed E-state index contributed by atoms with van der Waals surface area (Å²) in [7, 11) is 0. The molecule has 7 heteroatoms. The summed E-state index contributed by atoms with van der Waals surface area (Å²) in [4.78, 5) is 37.4. The number of amides is 2. The number of para-hydroxylation sites is 2. The number of esters is 1. The van der Waals surface area contributed by atoms with Crippen molar-refractivity contribution in [3.8, 4) is 5.75 Å². The lowest BCUT2D eigenvalue weighted by atomic mass is 10.1. The Morgan fingerprint density at radius 1 is 1.07 bits per heavy atom. The van der Waals surface area contributed by atoms with Crippen LogP contribution in [0, 0.1) is 13.8 Å². The van der Waals surface area contributed by atoms with Gasteiger partial charge in [0.05, 0.1) is 11.4 Å². The summed E-state index contributed by atoms with van der Waals surface area (Å²) in [5, 5.41) is 2.70. The van der Waals surface area contributed by atoms with Gasteiger partial charge in [-0.25, -0.2) is 4.79 Å². The molecule has 2 aromatic rings. The first-order valence-corrected chi connectivity index (χ1v) is 8.49. The van der Waals surface area contributed by atoms with Gasteiger partial charge < -0.3 is 14.8 Å². The van der Waals surface area contributed by atoms with Crippen molar-refractivity contribution in [2.45, 2.75) is 13.8 Å². The number of rotatable bonds is 5. The highest BCUT2D eigenvalue weighted by Crippen LogP contribution is 2.28. The molecule has 1 heterocycles. The molecular weight excluding hydrogens is 348 g/mol. The van der Waals surface area contributed by atoms with Gasteiger partial charge in [0, 0.05) is 0 Å². The van der Waals surface area contributed by atoms with Crippen molar-refractivity contribution >= 4 is 29.2 Å². The summed E-state index contributed by atoms with van der Waals surface area (Å²) in [6, 6.07) is 12.5. The quantitative estimate of drug-likeness (QED) is 0.818. The van der Waals surface area contributed by atoms with Crippen LogP contribution in [0.3, 0.4) is 0 Å². The third kappa shape index (κ3) is 4.25. The van der Waals surface area contributed by atoms with Gasteiger partial charge in [-0.2, -0.15) is 0 Å². The van der Waals surface area contributed by atoms with Crippen molar-refractivity contribution < 1.29 is 23.9 Å². The fraction of sp³-hybridized carbons (Fsp3) is 0.250. The number of ether oxygens (including phenoxy) is 2. The largest absolute Gasteiger partial charge is 0.482 e. The Labute approximate surface area is 156 Å². The van der Waals surface area contributed by atoms with Gasteiger partial charge in [0.15, 0.2) is 13.2 Å². The zero-order valence-electron chi connectivity index (χ0n) is 15.2. The van der Waals surface area contributed by atoms with Gasteiger partial charge in [-0.3, -0.25) is 14.5 Å². The van der Waals surface area contributed by atoms with Crippen LogP contribution in [0.1, 0.15) is 11.1 Å². The predicted molar refractivity (Wildman–Crippen MR) is 99.8 cm³/mol. The Bertz CT molecular complexity index is 894. The minimum absolute atomic E-state index is 0.119. The predicted octanol–water partition coefficient (Wildman–Crippen LogP) is 2.21. The maximum absolute atomic E-state index is 12.4. The van der Waals surface area contributed by atoms with Gasteiger partial charge in [0.25, 0.3) is 5.91 Å². The summed E-state index contributed by atoms with van der Waals surface area (Å²) in [5.74, 6) is -0.831. The number of carbonyl (C=O) groups excluding carboxylic acids is 3. The van der Waals surface area contributed by atoms with E-state index in [4.69, 9.17) is 9.47 Å². The SMILES string of the molecule is Cc1cccc(OCC(=O)OCC(=O)N2CC(=O)Nc3ccccc32)c1C. The monoisotopic (exact) mass is 368 g/mol. The number of hydrogen-bond donors (Lipinski definition) is 1. The average molecular weight is 368 g/mol. The lowest BCUT2D eigenvalue weighted by molar-refractivity contribution is -0.149. The molecule has 0 bridgehead atoms. The van der Waals surface area contributed by atoms with Crippen LogP contribution in [0.15, 0.2) is 42.5 Å². The Kier molecular flexibility index (Phi) is 5.40. The van der Waals surface area contributed by atoms with Crippen molar-refractivity contribution in [3.05, 3.63) is 53.6 Å². The molecule has 0 fully saturated rings. The van der Waals surface area contributed by atoms with E-state index in [1.807, 2.05) is 26.0 Å². The number of nitrogens with one attached hydrogen (secondary N) is 1. The van der Waals surface area contributed by atoms with Crippen molar-refractivity contribution in [3.63, 3.8) is 0 Å². The van der Waals surface area contributed by atoms with E-state index < -0.39 is 18.5 Å². The standard InChI is InChI=1S/C20H20N2O5/c1-13-6-5-9-17(14(13)2)26-12-20(25)27-11-19(24)22-10-18(23)21-15-7-3-4-8-16(15)22/h3-9H,10-12H2,1-2H3,(H,21,23). The first-order valence-electron chi connectivity index (χ1n) is 8.49. The number of aryl methyl sites for hydroxylation is 1. The second-order valence-electron chi connectivity index (χ2n) is 6.19. The van der Waals surface area contributed by atoms with Crippen LogP contribution >= 0.6 is 0 Å². The van der Waals surface area contributed by atoms with Gasteiger partial charge in [0.2, 0.25) is 5.91 Å². The molecule has 0 saturated carbocycles. The third-order valence-electron chi connectivity index (χ3n) is 4.33. The van der Waals surface area contributed by atoms with E-state index in [2.05, 4.69) is 5.32 Å². The normalized spacial score (nSPS) is 12.8. The van der Waals surface area contributed by atoms with Gasteiger partial charge in [-0.15, -0.1) is 0 Å². The maximum atomic E-state index is 12.4. The van der Waals surface area contributed by atoms with E-state index in [9.17, 15) is 14.4 Å². The lowest BCUT2D eigenvalue weighted by Crippen LogP contribution is -2.44. The van der Waals surface area contributed by atoms with Crippen LogP contribution in [0.5, 0.6) is 5.75 Å². The highest BCUT2D eigenvalue weighted by atomic mass is 16.6. The van der Waals surface area contributed by atoms with E-state index in [0.717, 1.165) is 11.1 Å². The first kappa shape index (κ1) is 18.4. The zero-order chi connectivity index (χ0) is 19.4. The minimum atomic E-state index is -0.654. The van der Waals surface area contributed by atoms with Gasteiger partial charge >= 0.3 is 5.97 Å². The molecule has 1 aliphatic heterocycles. The molecule has 0 aliphatic carbocycles. The molecule has 3 rings (SSSR count). The molecule has 0 saturated heterocycles. The maximum Gasteiger partial charge on any atom is 0.344 e. The molecule has 0 spiro atoms. The Balaban J connectivity index is 1.55. The number of hydrogen-bond acceptors (Lipinski definition) is 5. The zero-order valence-corrected chi connectivity index (χ0v) is 15.2. The number of fused-ring (bicyclic) bond motifs is 1. The van der Waals surface area contributed by atoms with Crippen LogP contribution in [-0.4, -0.2) is 37.5 Å². The van der Waals surface area contributed by atoms with Crippen molar-refractivity contribution in [1.29, 1.82) is 0 Å². The summed E-state index contributed by atoms with van der Waals surface area (Å²) in [6.07, 6.45) is 0. The van der Waals surface area contributed by atoms with E-state index in [0.29, 0.717) is 17.1 Å². The van der Waals surface area contributed by atoms with Crippen LogP contribution in [0.4, 0.5) is 11.4 Å². The summed E-state index contributed by atoms with van der Waals surface area (Å²) < 4.78 is 10.5. The smallest absolute Gasteiger partial charge is 0.344 e. The number of nitrogens with zero attached hydrogens (tertiary/aromatic N) is 1. The first-order chi connectivity index (χ1) is 13.0. The average Bonchev–Trinajstić information content (AvgIpc) is 2.66. The van der Waals surface area contributed by atoms with Gasteiger partial charge in [-0.1, -0.05) is 24.3 Å². The lowest BCUT2D eigenvalue weighted by Gasteiger charge is -2.28. The van der Waals surface area contributed by atoms with E-state index >= 15 is 0 Å². The highest BCUT2D eigenvalue weighted by molar-refractivity contribution is 6.10. The molecule has 1 aliphatic rings. The number of benzene rings is 2. The second-order valence-corrected chi connectivity index (χ2v) is 6.19. The summed E-state index contributed by atoms with van der Waals surface area (Å²) >= 11 is 0. The van der Waals surface area contributed by atoms with Gasteiger partial charge in [0.1, 0.15) is 12.3 Å². The van der Waals surface area contributed by atoms with Crippen molar-refractivity contribution in [1.82, 2.24) is 0 Å². The summed E-state index contributed by atoms with van der Waals surface area (Å²) in [6.45, 7) is 2.97. The van der Waals surface area contributed by atoms with Crippen molar-refractivity contribution in [2.75, 3.05) is 30.0 Å². The second kappa shape index (κ2) is 7.90. The minimum Gasteiger partial charge on any atom is -0.482 e. The Morgan fingerprint density at radius 2 is 1.85 bits per heavy atom. The summed E-state index contributed by atoms with van der Waals surface area (Å²) in [5.41, 5.74) is 3.12. The number of carbonyl (C=O) groups is 3. The molecule has 0 unspecified atom stereocenters. The molecule has 7 nitrogen and oxygen atoms in total. The van der Waals surface area contributed by atoms with Crippen LogP contribution in [-0.2, 0) is 19.1 Å². The molecule has 140 valence electrons. The number of anilines is 2. The molecule has 0 aromatic heterocycles. The van der Waals surface area contributed by atoms with Crippen LogP contribution < -0.4 is 15.0 Å². The van der Waals surface area contributed by atoms with Crippen LogP contribution in [0.25, 0.3) is 0 Å². The fourth-order valence-electron chi connectivity index (χ4n) is 2.73. The Morgan fingerprint density at radius 3 is 2.67 bits per heavy atom. The van der Waals surface area contributed by atoms with E-state index in [-0.39, 0.29) is 19.1 Å². The molecular formula is C20H20N2O5. The van der Waals surface area contributed by atoms with Crippen molar-refractivity contribution in [2.24, 2.45) is 0 Å².